The first-order chi connectivity index (χ1) is 35.2. The van der Waals surface area contributed by atoms with Crippen molar-refractivity contribution < 1.29 is 0 Å². The number of aryl methyl sites for hydroxylation is 1. The van der Waals surface area contributed by atoms with Gasteiger partial charge in [-0.05, 0) is 106 Å². The second-order valence-electron chi connectivity index (χ2n) is 19.0. The van der Waals surface area contributed by atoms with Gasteiger partial charge < -0.3 is 0 Å². The summed E-state index contributed by atoms with van der Waals surface area (Å²) in [5.41, 5.74) is 16.5. The molecular formula is C70H54Si. The van der Waals surface area contributed by atoms with Crippen LogP contribution in [-0.4, -0.2) is 8.07 Å². The summed E-state index contributed by atoms with van der Waals surface area (Å²) in [5, 5.41) is 5.52. The molecule has 0 aliphatic heterocycles. The van der Waals surface area contributed by atoms with Crippen LogP contribution in [0, 0.1) is 0 Å². The number of hydrogen-bond acceptors (Lipinski definition) is 0. The van der Waals surface area contributed by atoms with Crippen LogP contribution in [-0.2, 0) is 11.8 Å². The highest BCUT2D eigenvalue weighted by Gasteiger charge is 2.46. The third-order valence-electron chi connectivity index (χ3n) is 15.3. The molecule has 11 aromatic carbocycles. The Morgan fingerprint density at radius 3 is 1.28 bits per heavy atom. The monoisotopic (exact) mass is 922 g/mol. The summed E-state index contributed by atoms with van der Waals surface area (Å²) < 4.78 is 0. The second kappa shape index (κ2) is 19.2. The van der Waals surface area contributed by atoms with Gasteiger partial charge in [0.25, 0.3) is 0 Å². The van der Waals surface area contributed by atoms with Crippen LogP contribution in [0.1, 0.15) is 51.3 Å². The van der Waals surface area contributed by atoms with Gasteiger partial charge in [-0.1, -0.05) is 297 Å². The summed E-state index contributed by atoms with van der Waals surface area (Å²) in [6.45, 7) is 0. The van der Waals surface area contributed by atoms with Crippen molar-refractivity contribution in [2.75, 3.05) is 0 Å². The molecule has 12 rings (SSSR count). The third-order valence-corrected chi connectivity index (χ3v) is 20.0. The van der Waals surface area contributed by atoms with Crippen LogP contribution in [0.5, 0.6) is 0 Å². The molecule has 1 atom stereocenters. The van der Waals surface area contributed by atoms with Crippen LogP contribution in [0.25, 0.3) is 33.4 Å². The molecule has 0 spiro atoms. The molecule has 0 fully saturated rings. The molecule has 1 aliphatic rings. The first-order valence-corrected chi connectivity index (χ1v) is 27.1. The molecule has 0 saturated carbocycles. The van der Waals surface area contributed by atoms with Crippen LogP contribution in [0.2, 0.25) is 0 Å². The average Bonchev–Trinajstić information content (AvgIpc) is 3.76. The molecule has 11 aromatic rings. The maximum Gasteiger partial charge on any atom is 0.179 e. The predicted octanol–water partition coefficient (Wildman–Crippen LogP) is 14.5. The highest BCUT2D eigenvalue weighted by Crippen LogP contribution is 2.56. The number of benzene rings is 11. The first-order valence-electron chi connectivity index (χ1n) is 25.1. The van der Waals surface area contributed by atoms with Crippen molar-refractivity contribution in [1.82, 2.24) is 0 Å². The molecule has 71 heavy (non-hydrogen) atoms. The van der Waals surface area contributed by atoms with E-state index in [-0.39, 0.29) is 5.92 Å². The van der Waals surface area contributed by atoms with Crippen molar-refractivity contribution >= 4 is 28.8 Å². The Balaban J connectivity index is 0.921. The third kappa shape index (κ3) is 7.80. The van der Waals surface area contributed by atoms with E-state index in [0.717, 1.165) is 12.8 Å². The van der Waals surface area contributed by atoms with Crippen LogP contribution >= 0.6 is 0 Å². The Morgan fingerprint density at radius 1 is 0.310 bits per heavy atom. The first kappa shape index (κ1) is 43.9. The van der Waals surface area contributed by atoms with E-state index in [1.165, 1.54) is 93.1 Å². The lowest BCUT2D eigenvalue weighted by Crippen LogP contribution is -2.74. The van der Waals surface area contributed by atoms with Gasteiger partial charge in [-0.2, -0.15) is 0 Å². The summed E-state index contributed by atoms with van der Waals surface area (Å²) in [5.74, 6) is 0.163. The molecular weight excluding hydrogens is 869 g/mol. The van der Waals surface area contributed by atoms with Crippen LogP contribution in [0.15, 0.2) is 297 Å². The highest BCUT2D eigenvalue weighted by atomic mass is 28.3. The van der Waals surface area contributed by atoms with E-state index in [1.54, 1.807) is 0 Å². The summed E-state index contributed by atoms with van der Waals surface area (Å²) in [7, 11) is -2.62. The van der Waals surface area contributed by atoms with Crippen LogP contribution < -0.4 is 20.7 Å². The lowest BCUT2D eigenvalue weighted by atomic mass is 9.67. The Morgan fingerprint density at radius 2 is 0.732 bits per heavy atom. The van der Waals surface area contributed by atoms with E-state index in [4.69, 9.17) is 0 Å². The number of hydrogen-bond donors (Lipinski definition) is 0. The molecule has 0 aromatic heterocycles. The summed E-state index contributed by atoms with van der Waals surface area (Å²) >= 11 is 0. The van der Waals surface area contributed by atoms with Crippen molar-refractivity contribution in [2.45, 2.75) is 24.2 Å². The molecule has 0 radical (unpaired) electrons. The van der Waals surface area contributed by atoms with Gasteiger partial charge in [-0.25, -0.2) is 0 Å². The molecule has 0 nitrogen and oxygen atoms in total. The molecule has 0 heterocycles. The molecule has 1 heteroatoms. The molecule has 0 N–H and O–H groups in total. The van der Waals surface area contributed by atoms with Crippen molar-refractivity contribution in [3.8, 4) is 33.4 Å². The lowest BCUT2D eigenvalue weighted by molar-refractivity contribution is 0.713. The minimum Gasteiger partial charge on any atom is -0.0623 e. The van der Waals surface area contributed by atoms with Gasteiger partial charge in [0.05, 0.1) is 5.41 Å². The molecule has 0 saturated heterocycles. The molecule has 1 aliphatic carbocycles. The zero-order valence-corrected chi connectivity index (χ0v) is 40.8. The summed E-state index contributed by atoms with van der Waals surface area (Å²) in [6, 6.07) is 111. The van der Waals surface area contributed by atoms with Crippen molar-refractivity contribution in [1.29, 1.82) is 0 Å². The smallest absolute Gasteiger partial charge is 0.0623 e. The average molecular weight is 923 g/mol. The van der Waals surface area contributed by atoms with Gasteiger partial charge in [-0.3, -0.25) is 0 Å². The van der Waals surface area contributed by atoms with Crippen LogP contribution in [0.4, 0.5) is 0 Å². The number of rotatable bonds is 13. The largest absolute Gasteiger partial charge is 0.179 e. The molecule has 338 valence electrons. The molecule has 0 amide bonds. The normalized spacial score (nSPS) is 13.0. The Kier molecular flexibility index (Phi) is 11.9. The zero-order chi connectivity index (χ0) is 47.5. The van der Waals surface area contributed by atoms with Gasteiger partial charge in [0.15, 0.2) is 8.07 Å². The maximum absolute atomic E-state index is 2.62. The topological polar surface area (TPSA) is 0 Å². The van der Waals surface area contributed by atoms with Gasteiger partial charge >= 0.3 is 0 Å². The Labute approximate surface area is 420 Å². The zero-order valence-electron chi connectivity index (χ0n) is 39.8. The predicted molar refractivity (Wildman–Crippen MR) is 301 cm³/mol. The fourth-order valence-corrected chi connectivity index (χ4v) is 16.8. The van der Waals surface area contributed by atoms with Crippen molar-refractivity contribution in [3.63, 3.8) is 0 Å². The number of fused-ring (bicyclic) bond motifs is 3. The van der Waals surface area contributed by atoms with Crippen LogP contribution in [0.3, 0.4) is 0 Å². The fourth-order valence-electron chi connectivity index (χ4n) is 12.0. The lowest BCUT2D eigenvalue weighted by Gasteiger charge is -2.34. The van der Waals surface area contributed by atoms with E-state index < -0.39 is 13.5 Å². The highest BCUT2D eigenvalue weighted by molar-refractivity contribution is 7.19. The SMILES string of the molecule is c1ccc(-c2ccccc2C(CCc2ccc3c(c2)C(c2ccccc2)(c2ccccc2)c2ccccc2-3)c2ccc(-c3ccc([Si](c4ccccc4)(c4ccccc4)c4ccccc4)cc3)cc2)cc1. The van der Waals surface area contributed by atoms with E-state index in [9.17, 15) is 0 Å². The minimum atomic E-state index is -2.62. The molecule has 0 bridgehead atoms. The van der Waals surface area contributed by atoms with Gasteiger partial charge in [-0.15, -0.1) is 0 Å². The van der Waals surface area contributed by atoms with Gasteiger partial charge in [0, 0.05) is 5.92 Å². The van der Waals surface area contributed by atoms with Gasteiger partial charge in [0.2, 0.25) is 0 Å². The summed E-state index contributed by atoms with van der Waals surface area (Å²) in [4.78, 5) is 0. The molecule has 1 unspecified atom stereocenters. The van der Waals surface area contributed by atoms with Crippen molar-refractivity contribution in [3.05, 3.63) is 336 Å². The Bertz CT molecular complexity index is 3400. The van der Waals surface area contributed by atoms with E-state index in [2.05, 4.69) is 297 Å². The second-order valence-corrected chi connectivity index (χ2v) is 22.8. The standard InChI is InChI=1S/C70H54Si/c1-7-23-55(24-8-1)63-35-19-20-36-65(63)64(49-39-52-40-50-67-66-37-21-22-38-68(66)70(69(67)51-52,57-25-9-2-10-26-57)58-27-11-3-12-28-58)56-43-41-53(42-44-56)54-45-47-62(48-46-54)71(59-29-13-4-14-30-59,60-31-15-5-16-32-60)61-33-17-6-18-34-61/h1-38,40-48,50-51,64H,39,49H2. The summed E-state index contributed by atoms with van der Waals surface area (Å²) in [6.07, 6.45) is 1.88. The van der Waals surface area contributed by atoms with Gasteiger partial charge in [0.1, 0.15) is 0 Å². The van der Waals surface area contributed by atoms with E-state index in [1.807, 2.05) is 0 Å². The quantitative estimate of drug-likeness (QED) is 0.0798. The fraction of sp³-hybridized carbons (Fsp3) is 0.0571. The van der Waals surface area contributed by atoms with Crippen molar-refractivity contribution in [2.24, 2.45) is 0 Å². The Hall–Kier alpha value is -8.36. The van der Waals surface area contributed by atoms with E-state index in [0.29, 0.717) is 0 Å². The minimum absolute atomic E-state index is 0.163. The van der Waals surface area contributed by atoms with E-state index >= 15 is 0 Å². The maximum atomic E-state index is 2.53.